The van der Waals surface area contributed by atoms with Crippen molar-refractivity contribution in [1.29, 1.82) is 5.41 Å². The Morgan fingerprint density at radius 2 is 1.92 bits per heavy atom. The van der Waals surface area contributed by atoms with Gasteiger partial charge in [0.1, 0.15) is 24.3 Å². The second-order valence-corrected chi connectivity index (χ2v) is 8.28. The van der Waals surface area contributed by atoms with Crippen LogP contribution in [0, 0.1) is 5.41 Å². The molecule has 13 nitrogen and oxygen atoms in total. The summed E-state index contributed by atoms with van der Waals surface area (Å²) in [5, 5.41) is 12.9. The molecule has 192 valence electrons. The summed E-state index contributed by atoms with van der Waals surface area (Å²) >= 11 is 0. The average molecular weight is 514 g/mol. The number of methoxy groups -OCH3 is 1. The molecular formula is C25H23N9O4. The van der Waals surface area contributed by atoms with E-state index in [1.54, 1.807) is 42.5 Å². The summed E-state index contributed by atoms with van der Waals surface area (Å²) in [7, 11) is 1.48. The summed E-state index contributed by atoms with van der Waals surface area (Å²) in [5.74, 6) is -0.163. The van der Waals surface area contributed by atoms with Gasteiger partial charge in [0.05, 0.1) is 7.11 Å². The summed E-state index contributed by atoms with van der Waals surface area (Å²) in [6.07, 6.45) is 3.06. The number of primary amides is 1. The first-order valence-corrected chi connectivity index (χ1v) is 11.4. The molecule has 38 heavy (non-hydrogen) atoms. The van der Waals surface area contributed by atoms with Crippen LogP contribution in [0.2, 0.25) is 0 Å². The number of hydrogen-bond donors (Lipinski definition) is 5. The number of amides is 2. The van der Waals surface area contributed by atoms with E-state index in [1.807, 2.05) is 0 Å². The van der Waals surface area contributed by atoms with E-state index in [4.69, 9.17) is 26.0 Å². The number of hydrazine groups is 1. The second-order valence-electron chi connectivity index (χ2n) is 8.28. The van der Waals surface area contributed by atoms with E-state index in [2.05, 4.69) is 25.7 Å². The zero-order valence-electron chi connectivity index (χ0n) is 20.1. The van der Waals surface area contributed by atoms with Crippen LogP contribution in [0.25, 0.3) is 11.0 Å². The Hall–Kier alpha value is -5.46. The summed E-state index contributed by atoms with van der Waals surface area (Å²) < 4.78 is 11.1. The van der Waals surface area contributed by atoms with Gasteiger partial charge in [0.25, 0.3) is 17.8 Å². The van der Waals surface area contributed by atoms with Crippen LogP contribution in [0.3, 0.4) is 0 Å². The number of nitrogen functional groups attached to an aromatic ring is 1. The molecule has 2 amide bonds. The third-order valence-electron chi connectivity index (χ3n) is 5.79. The van der Waals surface area contributed by atoms with Gasteiger partial charge in [-0.3, -0.25) is 25.4 Å². The van der Waals surface area contributed by atoms with Crippen molar-refractivity contribution >= 4 is 46.1 Å². The Bertz CT molecular complexity index is 1570. The fourth-order valence-electron chi connectivity index (χ4n) is 3.96. The summed E-state index contributed by atoms with van der Waals surface area (Å²) in [5.41, 5.74) is 16.3. The minimum absolute atomic E-state index is 0.00842. The molecule has 1 atom stereocenters. The molecule has 0 bridgehead atoms. The standard InChI is InChI=1S/C25H23N9O4/c1-37-17-10-14(9-15-11-18(23(28)36)38-21(15)17)20(32-16-5-3-13(4-6-16)22(26)27)24-31-12-19(35)34(33-24)25-29-7-2-8-30-25/h2-11,20,32H,12H2,1H3,(H3,26,27)(H2,28,36)(H,31,33). The smallest absolute Gasteiger partial charge is 0.284 e. The third kappa shape index (κ3) is 4.67. The number of ether oxygens (including phenoxy) is 1. The average Bonchev–Trinajstić information content (AvgIpc) is 3.37. The second kappa shape index (κ2) is 9.89. The van der Waals surface area contributed by atoms with Gasteiger partial charge in [-0.25, -0.2) is 9.97 Å². The first-order chi connectivity index (χ1) is 18.3. The van der Waals surface area contributed by atoms with E-state index in [1.165, 1.54) is 30.6 Å². The maximum atomic E-state index is 12.6. The van der Waals surface area contributed by atoms with Crippen LogP contribution in [0.1, 0.15) is 27.7 Å². The van der Waals surface area contributed by atoms with Crippen molar-refractivity contribution in [3.8, 4) is 5.75 Å². The van der Waals surface area contributed by atoms with Gasteiger partial charge >= 0.3 is 0 Å². The molecular weight excluding hydrogens is 490 g/mol. The Kier molecular flexibility index (Phi) is 6.31. The molecule has 0 saturated heterocycles. The lowest BCUT2D eigenvalue weighted by Gasteiger charge is -2.31. The van der Waals surface area contributed by atoms with E-state index in [0.29, 0.717) is 39.4 Å². The van der Waals surface area contributed by atoms with Gasteiger partial charge in [0.15, 0.2) is 17.1 Å². The van der Waals surface area contributed by atoms with Crippen LogP contribution in [0.15, 0.2) is 70.3 Å². The zero-order valence-corrected chi connectivity index (χ0v) is 20.1. The van der Waals surface area contributed by atoms with E-state index in [9.17, 15) is 9.59 Å². The molecule has 1 aliphatic heterocycles. The van der Waals surface area contributed by atoms with E-state index < -0.39 is 11.9 Å². The van der Waals surface area contributed by atoms with Crippen LogP contribution >= 0.6 is 0 Å². The largest absolute Gasteiger partial charge is 0.493 e. The van der Waals surface area contributed by atoms with Crippen LogP contribution < -0.4 is 32.0 Å². The number of nitrogens with two attached hydrogens (primary N) is 2. The Morgan fingerprint density at radius 1 is 1.18 bits per heavy atom. The quantitative estimate of drug-likeness (QED) is 0.172. The van der Waals surface area contributed by atoms with Gasteiger partial charge < -0.3 is 25.9 Å². The number of amidine groups is 2. The lowest BCUT2D eigenvalue weighted by Crippen LogP contribution is -2.54. The SMILES string of the molecule is COc1cc(C(Nc2ccc(C(=N)N)cc2)C2=NCC(=O)N(c3ncccn3)N2)cc2cc(C(N)=O)oc12. The van der Waals surface area contributed by atoms with Crippen LogP contribution in [-0.4, -0.2) is 47.1 Å². The van der Waals surface area contributed by atoms with Gasteiger partial charge in [-0.05, 0) is 54.1 Å². The van der Waals surface area contributed by atoms with Crippen LogP contribution in [0.5, 0.6) is 5.75 Å². The minimum Gasteiger partial charge on any atom is -0.493 e. The van der Waals surface area contributed by atoms with Crippen molar-refractivity contribution in [3.63, 3.8) is 0 Å². The molecule has 4 aromatic rings. The van der Waals surface area contributed by atoms with Gasteiger partial charge in [0, 0.05) is 29.0 Å². The Labute approximate surface area is 216 Å². The summed E-state index contributed by atoms with van der Waals surface area (Å²) in [6.45, 7) is -0.140. The molecule has 0 radical (unpaired) electrons. The van der Waals surface area contributed by atoms with Crippen molar-refractivity contribution in [2.24, 2.45) is 16.5 Å². The molecule has 0 aliphatic carbocycles. The molecule has 3 heterocycles. The normalized spacial score (nSPS) is 14.0. The number of carbonyl (C=O) groups excluding carboxylic acids is 2. The predicted octanol–water partition coefficient (Wildman–Crippen LogP) is 1.72. The van der Waals surface area contributed by atoms with E-state index >= 15 is 0 Å². The van der Waals surface area contributed by atoms with Crippen molar-refractivity contribution in [3.05, 3.63) is 77.8 Å². The molecule has 0 fully saturated rings. The summed E-state index contributed by atoms with van der Waals surface area (Å²) in [6, 6.07) is 13.1. The Balaban J connectivity index is 1.59. The minimum atomic E-state index is -0.708. The molecule has 7 N–H and O–H groups in total. The zero-order chi connectivity index (χ0) is 26.8. The fraction of sp³-hybridized carbons (Fsp3) is 0.120. The molecule has 2 aromatic heterocycles. The number of fused-ring (bicyclic) bond motifs is 1. The van der Waals surface area contributed by atoms with Crippen molar-refractivity contribution in [1.82, 2.24) is 15.4 Å². The number of aliphatic imine (C=N–C) groups is 1. The maximum absolute atomic E-state index is 12.6. The number of hydrogen-bond acceptors (Lipinski definition) is 10. The molecule has 0 saturated carbocycles. The highest BCUT2D eigenvalue weighted by Crippen LogP contribution is 2.34. The van der Waals surface area contributed by atoms with E-state index in [0.717, 1.165) is 0 Å². The van der Waals surface area contributed by atoms with Crippen molar-refractivity contribution in [2.75, 3.05) is 24.0 Å². The molecule has 5 rings (SSSR count). The van der Waals surface area contributed by atoms with Crippen molar-refractivity contribution in [2.45, 2.75) is 6.04 Å². The van der Waals surface area contributed by atoms with Crippen LogP contribution in [0.4, 0.5) is 11.6 Å². The molecule has 1 aliphatic rings. The first kappa shape index (κ1) is 24.2. The number of benzene rings is 2. The highest BCUT2D eigenvalue weighted by atomic mass is 16.5. The van der Waals surface area contributed by atoms with Gasteiger partial charge in [0.2, 0.25) is 0 Å². The summed E-state index contributed by atoms with van der Waals surface area (Å²) in [4.78, 5) is 37.2. The number of rotatable bonds is 8. The number of aromatic nitrogens is 2. The van der Waals surface area contributed by atoms with Gasteiger partial charge in [-0.15, -0.1) is 0 Å². The van der Waals surface area contributed by atoms with Gasteiger partial charge in [-0.2, -0.15) is 5.01 Å². The number of furan rings is 1. The number of carbonyl (C=O) groups is 2. The first-order valence-electron chi connectivity index (χ1n) is 11.4. The topological polar surface area (TPSA) is 198 Å². The predicted molar refractivity (Wildman–Crippen MR) is 140 cm³/mol. The van der Waals surface area contributed by atoms with Crippen molar-refractivity contribution < 1.29 is 18.7 Å². The Morgan fingerprint density at radius 3 is 2.58 bits per heavy atom. The molecule has 2 aromatic carbocycles. The monoisotopic (exact) mass is 513 g/mol. The van der Waals surface area contributed by atoms with Crippen LogP contribution in [-0.2, 0) is 4.79 Å². The number of nitrogens with zero attached hydrogens (tertiary/aromatic N) is 4. The van der Waals surface area contributed by atoms with E-state index in [-0.39, 0.29) is 30.0 Å². The molecule has 1 unspecified atom stereocenters. The number of anilines is 2. The fourth-order valence-corrected chi connectivity index (χ4v) is 3.96. The third-order valence-corrected chi connectivity index (χ3v) is 5.79. The molecule has 0 spiro atoms. The highest BCUT2D eigenvalue weighted by Gasteiger charge is 2.30. The lowest BCUT2D eigenvalue weighted by atomic mass is 10.0. The lowest BCUT2D eigenvalue weighted by molar-refractivity contribution is -0.118. The number of nitrogens with one attached hydrogen (secondary N) is 3. The van der Waals surface area contributed by atoms with Gasteiger partial charge in [-0.1, -0.05) is 0 Å². The molecule has 13 heteroatoms. The highest BCUT2D eigenvalue weighted by molar-refractivity contribution is 6.05. The maximum Gasteiger partial charge on any atom is 0.284 e.